The van der Waals surface area contributed by atoms with E-state index in [4.69, 9.17) is 5.73 Å². The lowest BCUT2D eigenvalue weighted by Gasteiger charge is -2.02. The molecule has 1 rings (SSSR count). The van der Waals surface area contributed by atoms with Crippen LogP contribution in [0.15, 0.2) is 24.3 Å². The third-order valence-corrected chi connectivity index (χ3v) is 1.78. The number of hydrogen-bond acceptors (Lipinski definition) is 2. The van der Waals surface area contributed by atoms with Crippen molar-refractivity contribution in [1.29, 1.82) is 0 Å². The lowest BCUT2D eigenvalue weighted by atomic mass is 10.2. The van der Waals surface area contributed by atoms with Crippen LogP contribution in [-0.4, -0.2) is 31.6 Å². The van der Waals surface area contributed by atoms with Gasteiger partial charge in [0, 0.05) is 11.3 Å². The van der Waals surface area contributed by atoms with E-state index in [2.05, 4.69) is 17.2 Å². The molecule has 0 unspecified atom stereocenters. The summed E-state index contributed by atoms with van der Waals surface area (Å²) >= 11 is 0. The van der Waals surface area contributed by atoms with Crippen molar-refractivity contribution in [2.75, 3.05) is 26.0 Å². The number of rotatable bonds is 2. The molecular weight excluding hydrogens is 202 g/mol. The molecule has 3 N–H and O–H groups in total. The summed E-state index contributed by atoms with van der Waals surface area (Å²) in [4.78, 5) is 12.6. The number of anilines is 1. The summed E-state index contributed by atoms with van der Waals surface area (Å²) in [5.41, 5.74) is 6.58. The molecule has 0 radical (unpaired) electrons. The molecule has 0 aromatic heterocycles. The Kier molecular flexibility index (Phi) is 4.37. The van der Waals surface area contributed by atoms with Crippen molar-refractivity contribution in [3.63, 3.8) is 0 Å². The Labute approximate surface area is 95.4 Å². The van der Waals surface area contributed by atoms with E-state index in [1.54, 1.807) is 12.1 Å². The van der Waals surface area contributed by atoms with Gasteiger partial charge in [0.25, 0.3) is 0 Å². The zero-order valence-electron chi connectivity index (χ0n) is 9.45. The highest BCUT2D eigenvalue weighted by molar-refractivity contribution is 5.87. The fourth-order valence-corrected chi connectivity index (χ4v) is 1.08. The first-order chi connectivity index (χ1) is 7.58. The first-order valence-corrected chi connectivity index (χ1v) is 4.88. The molecule has 0 saturated carbocycles. The average Bonchev–Trinajstić information content (AvgIpc) is 2.19. The summed E-state index contributed by atoms with van der Waals surface area (Å²) in [5.74, 6) is 6.05. The topological polar surface area (TPSA) is 58.4 Å². The van der Waals surface area contributed by atoms with Gasteiger partial charge in [-0.2, -0.15) is 0 Å². The van der Waals surface area contributed by atoms with Crippen molar-refractivity contribution >= 4 is 11.7 Å². The minimum Gasteiger partial charge on any atom is -0.351 e. The highest BCUT2D eigenvalue weighted by atomic mass is 16.2. The van der Waals surface area contributed by atoms with Crippen LogP contribution < -0.4 is 11.1 Å². The van der Waals surface area contributed by atoms with Crippen LogP contribution in [0.1, 0.15) is 5.56 Å². The van der Waals surface area contributed by atoms with Gasteiger partial charge < -0.3 is 11.1 Å². The Bertz CT molecular complexity index is 412. The fraction of sp³-hybridized carbons (Fsp3) is 0.250. The fourth-order valence-electron chi connectivity index (χ4n) is 1.08. The summed E-state index contributed by atoms with van der Waals surface area (Å²) in [6.07, 6.45) is 0. The van der Waals surface area contributed by atoms with Crippen LogP contribution in [-0.2, 0) is 0 Å². The number of primary amides is 1. The Morgan fingerprint density at radius 1 is 1.38 bits per heavy atom. The Balaban J connectivity index is 2.63. The highest BCUT2D eigenvalue weighted by Crippen LogP contribution is 2.07. The van der Waals surface area contributed by atoms with Crippen molar-refractivity contribution in [3.05, 3.63) is 29.8 Å². The summed E-state index contributed by atoms with van der Waals surface area (Å²) < 4.78 is 0. The second-order valence-corrected chi connectivity index (χ2v) is 3.61. The quantitative estimate of drug-likeness (QED) is 0.728. The maximum Gasteiger partial charge on any atom is 0.316 e. The van der Waals surface area contributed by atoms with Crippen molar-refractivity contribution in [2.45, 2.75) is 0 Å². The monoisotopic (exact) mass is 217 g/mol. The molecule has 84 valence electrons. The van der Waals surface area contributed by atoms with E-state index >= 15 is 0 Å². The van der Waals surface area contributed by atoms with Gasteiger partial charge in [-0.3, -0.25) is 4.90 Å². The number of nitrogens with zero attached hydrogens (tertiary/aromatic N) is 1. The lowest BCUT2D eigenvalue weighted by molar-refractivity contribution is 0.259. The largest absolute Gasteiger partial charge is 0.351 e. The second kappa shape index (κ2) is 5.79. The number of amides is 2. The standard InChI is InChI=1S/C12H15N3O/c1-15(2)9-3-4-10-5-7-11(8-6-10)14-12(13)16/h5-8H,9H2,1-2H3,(H3,13,14,16). The van der Waals surface area contributed by atoms with Crippen molar-refractivity contribution < 1.29 is 4.79 Å². The molecule has 2 amide bonds. The molecule has 0 aliphatic carbocycles. The summed E-state index contributed by atoms with van der Waals surface area (Å²) in [7, 11) is 3.93. The van der Waals surface area contributed by atoms with E-state index in [-0.39, 0.29) is 0 Å². The number of carbonyl (C=O) groups is 1. The minimum absolute atomic E-state index is 0.563. The van der Waals surface area contributed by atoms with Gasteiger partial charge in [-0.05, 0) is 38.4 Å². The zero-order valence-corrected chi connectivity index (χ0v) is 9.45. The summed E-state index contributed by atoms with van der Waals surface area (Å²) in [6.45, 7) is 0.723. The van der Waals surface area contributed by atoms with Crippen molar-refractivity contribution in [3.8, 4) is 11.8 Å². The molecule has 1 aromatic carbocycles. The highest BCUT2D eigenvalue weighted by Gasteiger charge is 1.94. The molecule has 0 fully saturated rings. The first-order valence-electron chi connectivity index (χ1n) is 4.88. The predicted molar refractivity (Wildman–Crippen MR) is 65.1 cm³/mol. The number of carbonyl (C=O) groups excluding carboxylic acids is 1. The molecule has 0 spiro atoms. The van der Waals surface area contributed by atoms with Crippen LogP contribution in [0.4, 0.5) is 10.5 Å². The molecule has 0 aliphatic heterocycles. The second-order valence-electron chi connectivity index (χ2n) is 3.61. The van der Waals surface area contributed by atoms with Gasteiger partial charge in [-0.15, -0.1) is 0 Å². The van der Waals surface area contributed by atoms with Gasteiger partial charge in [-0.25, -0.2) is 4.79 Å². The van der Waals surface area contributed by atoms with Crippen LogP contribution >= 0.6 is 0 Å². The van der Waals surface area contributed by atoms with Gasteiger partial charge in [0.2, 0.25) is 0 Å². The number of urea groups is 1. The summed E-state index contributed by atoms with van der Waals surface area (Å²) in [6, 6.07) is 6.66. The number of benzene rings is 1. The maximum absolute atomic E-state index is 10.6. The first kappa shape index (κ1) is 12.1. The summed E-state index contributed by atoms with van der Waals surface area (Å²) in [5, 5.41) is 2.49. The minimum atomic E-state index is -0.563. The molecular formula is C12H15N3O. The molecule has 0 heterocycles. The maximum atomic E-state index is 10.6. The molecule has 0 atom stereocenters. The van der Waals surface area contributed by atoms with Gasteiger partial charge in [0.05, 0.1) is 6.54 Å². The number of nitrogens with two attached hydrogens (primary N) is 1. The normalized spacial score (nSPS) is 9.44. The average molecular weight is 217 g/mol. The van der Waals surface area contributed by atoms with Crippen molar-refractivity contribution in [2.24, 2.45) is 5.73 Å². The molecule has 0 bridgehead atoms. The Hall–Kier alpha value is -1.99. The van der Waals surface area contributed by atoms with E-state index in [1.807, 2.05) is 31.1 Å². The molecule has 4 nitrogen and oxygen atoms in total. The van der Waals surface area contributed by atoms with Crippen LogP contribution in [0, 0.1) is 11.8 Å². The van der Waals surface area contributed by atoms with Gasteiger partial charge >= 0.3 is 6.03 Å². The molecule has 4 heteroatoms. The predicted octanol–water partition coefficient (Wildman–Crippen LogP) is 1.09. The zero-order chi connectivity index (χ0) is 12.0. The van der Waals surface area contributed by atoms with Gasteiger partial charge in [-0.1, -0.05) is 11.8 Å². The van der Waals surface area contributed by atoms with E-state index in [9.17, 15) is 4.79 Å². The van der Waals surface area contributed by atoms with Gasteiger partial charge in [0.1, 0.15) is 0 Å². The number of nitrogens with one attached hydrogen (secondary N) is 1. The third kappa shape index (κ3) is 4.49. The van der Waals surface area contributed by atoms with Gasteiger partial charge in [0.15, 0.2) is 0 Å². The molecule has 16 heavy (non-hydrogen) atoms. The Morgan fingerprint density at radius 2 is 2.00 bits per heavy atom. The van der Waals surface area contributed by atoms with E-state index in [0.717, 1.165) is 12.1 Å². The Morgan fingerprint density at radius 3 is 2.50 bits per heavy atom. The van der Waals surface area contributed by atoms with Crippen LogP contribution in [0.3, 0.4) is 0 Å². The van der Waals surface area contributed by atoms with E-state index < -0.39 is 6.03 Å². The van der Waals surface area contributed by atoms with Crippen LogP contribution in [0.25, 0.3) is 0 Å². The lowest BCUT2D eigenvalue weighted by Crippen LogP contribution is -2.19. The third-order valence-electron chi connectivity index (χ3n) is 1.78. The molecule has 0 saturated heterocycles. The van der Waals surface area contributed by atoms with Crippen LogP contribution in [0.2, 0.25) is 0 Å². The van der Waals surface area contributed by atoms with Crippen molar-refractivity contribution in [1.82, 2.24) is 4.90 Å². The SMILES string of the molecule is CN(C)CC#Cc1ccc(NC(N)=O)cc1. The van der Waals surface area contributed by atoms with Crippen LogP contribution in [0.5, 0.6) is 0 Å². The van der Waals surface area contributed by atoms with E-state index in [1.165, 1.54) is 0 Å². The smallest absolute Gasteiger partial charge is 0.316 e. The molecule has 0 aliphatic rings. The number of hydrogen-bond donors (Lipinski definition) is 2. The molecule has 1 aromatic rings. The van der Waals surface area contributed by atoms with E-state index in [0.29, 0.717) is 5.69 Å².